The minimum absolute atomic E-state index is 0.287. The van der Waals surface area contributed by atoms with Crippen molar-refractivity contribution in [2.45, 2.75) is 0 Å². The van der Waals surface area contributed by atoms with E-state index in [4.69, 9.17) is 0 Å². The Hall–Kier alpha value is -1.94. The number of benzene rings is 2. The third kappa shape index (κ3) is 2.31. The second-order valence-electron chi connectivity index (χ2n) is 4.11. The lowest BCUT2D eigenvalue weighted by atomic mass is 10.1. The van der Waals surface area contributed by atoms with Crippen LogP contribution in [-0.4, -0.2) is 4.98 Å². The Morgan fingerprint density at radius 2 is 1.79 bits per heavy atom. The first-order chi connectivity index (χ1) is 9.25. The number of hydrogen-bond donors (Lipinski definition) is 1. The molecule has 94 valence electrons. The standard InChI is InChI=1S/C15H10BrFN2/c16-12-9-18-15(19-10-5-2-1-3-6-10)14-11(12)7-4-8-13(14)17/h1-9H,(H,18,19). The Morgan fingerprint density at radius 3 is 2.58 bits per heavy atom. The Bertz CT molecular complexity index is 729. The molecule has 3 aromatic rings. The van der Waals surface area contributed by atoms with Gasteiger partial charge in [0.2, 0.25) is 0 Å². The molecule has 0 saturated heterocycles. The van der Waals surface area contributed by atoms with E-state index in [-0.39, 0.29) is 5.82 Å². The smallest absolute Gasteiger partial charge is 0.141 e. The van der Waals surface area contributed by atoms with Crippen molar-refractivity contribution in [3.63, 3.8) is 0 Å². The highest BCUT2D eigenvalue weighted by Gasteiger charge is 2.10. The number of rotatable bonds is 2. The molecule has 0 unspecified atom stereocenters. The van der Waals surface area contributed by atoms with Gasteiger partial charge in [0.15, 0.2) is 0 Å². The topological polar surface area (TPSA) is 24.9 Å². The van der Waals surface area contributed by atoms with E-state index in [0.717, 1.165) is 15.5 Å². The van der Waals surface area contributed by atoms with E-state index < -0.39 is 0 Å². The van der Waals surface area contributed by atoms with E-state index in [1.54, 1.807) is 12.3 Å². The first kappa shape index (κ1) is 12.1. The number of aromatic nitrogens is 1. The number of para-hydroxylation sites is 1. The van der Waals surface area contributed by atoms with Crippen molar-refractivity contribution in [2.75, 3.05) is 5.32 Å². The number of nitrogens with zero attached hydrogens (tertiary/aromatic N) is 1. The second kappa shape index (κ2) is 4.97. The lowest BCUT2D eigenvalue weighted by Gasteiger charge is -2.10. The number of anilines is 2. The fraction of sp³-hybridized carbons (Fsp3) is 0. The molecule has 0 aliphatic carbocycles. The summed E-state index contributed by atoms with van der Waals surface area (Å²) < 4.78 is 14.8. The second-order valence-corrected chi connectivity index (χ2v) is 4.96. The zero-order chi connectivity index (χ0) is 13.2. The molecule has 0 atom stereocenters. The zero-order valence-electron chi connectivity index (χ0n) is 9.90. The van der Waals surface area contributed by atoms with Gasteiger partial charge in [0.1, 0.15) is 11.6 Å². The first-order valence-electron chi connectivity index (χ1n) is 5.80. The van der Waals surface area contributed by atoms with Crippen LogP contribution in [0, 0.1) is 5.82 Å². The molecular formula is C15H10BrFN2. The molecule has 0 spiro atoms. The number of pyridine rings is 1. The van der Waals surface area contributed by atoms with Gasteiger partial charge in [-0.2, -0.15) is 0 Å². The quantitative estimate of drug-likeness (QED) is 0.728. The minimum atomic E-state index is -0.287. The van der Waals surface area contributed by atoms with Crippen molar-refractivity contribution in [2.24, 2.45) is 0 Å². The zero-order valence-corrected chi connectivity index (χ0v) is 11.5. The highest BCUT2D eigenvalue weighted by molar-refractivity contribution is 9.10. The monoisotopic (exact) mass is 316 g/mol. The Balaban J connectivity index is 2.17. The van der Waals surface area contributed by atoms with Gasteiger partial charge in [-0.1, -0.05) is 30.3 Å². The third-order valence-electron chi connectivity index (χ3n) is 2.85. The van der Waals surface area contributed by atoms with E-state index in [9.17, 15) is 4.39 Å². The number of halogens is 2. The van der Waals surface area contributed by atoms with Crippen molar-refractivity contribution in [3.8, 4) is 0 Å². The minimum Gasteiger partial charge on any atom is -0.340 e. The van der Waals surface area contributed by atoms with Crippen LogP contribution in [-0.2, 0) is 0 Å². The summed E-state index contributed by atoms with van der Waals surface area (Å²) in [5, 5.41) is 4.43. The van der Waals surface area contributed by atoms with Crippen molar-refractivity contribution < 1.29 is 4.39 Å². The largest absolute Gasteiger partial charge is 0.340 e. The molecule has 2 nitrogen and oxygen atoms in total. The van der Waals surface area contributed by atoms with E-state index in [0.29, 0.717) is 11.2 Å². The SMILES string of the molecule is Fc1cccc2c(Br)cnc(Nc3ccccc3)c12. The van der Waals surface area contributed by atoms with Gasteiger partial charge in [-0.15, -0.1) is 0 Å². The van der Waals surface area contributed by atoms with Crippen LogP contribution in [0.2, 0.25) is 0 Å². The molecule has 1 aromatic heterocycles. The lowest BCUT2D eigenvalue weighted by molar-refractivity contribution is 0.640. The van der Waals surface area contributed by atoms with Gasteiger partial charge < -0.3 is 5.32 Å². The van der Waals surface area contributed by atoms with E-state index >= 15 is 0 Å². The maximum atomic E-state index is 14.0. The van der Waals surface area contributed by atoms with E-state index in [1.165, 1.54) is 6.07 Å². The fourth-order valence-electron chi connectivity index (χ4n) is 1.97. The lowest BCUT2D eigenvalue weighted by Crippen LogP contribution is -1.96. The highest BCUT2D eigenvalue weighted by Crippen LogP contribution is 2.31. The summed E-state index contributed by atoms with van der Waals surface area (Å²) in [7, 11) is 0. The van der Waals surface area contributed by atoms with Gasteiger partial charge >= 0.3 is 0 Å². The normalized spacial score (nSPS) is 10.6. The summed E-state index contributed by atoms with van der Waals surface area (Å²) in [6.45, 7) is 0. The summed E-state index contributed by atoms with van der Waals surface area (Å²) in [5.74, 6) is 0.229. The molecule has 0 aliphatic heterocycles. The van der Waals surface area contributed by atoms with Crippen LogP contribution in [0.4, 0.5) is 15.9 Å². The molecule has 1 heterocycles. The third-order valence-corrected chi connectivity index (χ3v) is 3.48. The van der Waals surface area contributed by atoms with Crippen LogP contribution < -0.4 is 5.32 Å². The van der Waals surface area contributed by atoms with Crippen LogP contribution in [0.25, 0.3) is 10.8 Å². The molecule has 4 heteroatoms. The Labute approximate surface area is 118 Å². The summed E-state index contributed by atoms with van der Waals surface area (Å²) in [5.41, 5.74) is 0.877. The molecule has 1 N–H and O–H groups in total. The van der Waals surface area contributed by atoms with Gasteiger partial charge in [-0.25, -0.2) is 9.37 Å². The van der Waals surface area contributed by atoms with Crippen molar-refractivity contribution >= 4 is 38.2 Å². The van der Waals surface area contributed by atoms with Crippen LogP contribution in [0.1, 0.15) is 0 Å². The summed E-state index contributed by atoms with van der Waals surface area (Å²) in [6.07, 6.45) is 1.67. The molecule has 0 aliphatic rings. The molecule has 0 bridgehead atoms. The van der Waals surface area contributed by atoms with Crippen molar-refractivity contribution in [1.82, 2.24) is 4.98 Å². The van der Waals surface area contributed by atoms with Gasteiger partial charge in [-0.05, 0) is 34.1 Å². The van der Waals surface area contributed by atoms with Gasteiger partial charge in [-0.3, -0.25) is 0 Å². The van der Waals surface area contributed by atoms with E-state index in [2.05, 4.69) is 26.2 Å². The van der Waals surface area contributed by atoms with Crippen LogP contribution in [0.5, 0.6) is 0 Å². The van der Waals surface area contributed by atoms with Gasteiger partial charge in [0.25, 0.3) is 0 Å². The Kier molecular flexibility index (Phi) is 3.17. The molecule has 0 saturated carbocycles. The fourth-order valence-corrected chi connectivity index (χ4v) is 2.40. The molecule has 0 amide bonds. The van der Waals surface area contributed by atoms with E-state index in [1.807, 2.05) is 36.4 Å². The molecule has 0 fully saturated rings. The number of hydrogen-bond acceptors (Lipinski definition) is 2. The van der Waals surface area contributed by atoms with Crippen LogP contribution >= 0.6 is 15.9 Å². The average molecular weight is 317 g/mol. The molecule has 2 aromatic carbocycles. The van der Waals surface area contributed by atoms with Crippen molar-refractivity contribution in [3.05, 3.63) is 65.0 Å². The first-order valence-corrected chi connectivity index (χ1v) is 6.60. The highest BCUT2D eigenvalue weighted by atomic mass is 79.9. The maximum Gasteiger partial charge on any atom is 0.141 e. The number of nitrogens with one attached hydrogen (secondary N) is 1. The van der Waals surface area contributed by atoms with Crippen LogP contribution in [0.3, 0.4) is 0 Å². The maximum absolute atomic E-state index is 14.0. The summed E-state index contributed by atoms with van der Waals surface area (Å²) in [6, 6.07) is 14.6. The predicted octanol–water partition coefficient (Wildman–Crippen LogP) is 4.88. The summed E-state index contributed by atoms with van der Waals surface area (Å²) in [4.78, 5) is 4.26. The summed E-state index contributed by atoms with van der Waals surface area (Å²) >= 11 is 3.39. The molecule has 19 heavy (non-hydrogen) atoms. The van der Waals surface area contributed by atoms with Crippen molar-refractivity contribution in [1.29, 1.82) is 0 Å². The van der Waals surface area contributed by atoms with Gasteiger partial charge in [0, 0.05) is 21.7 Å². The predicted molar refractivity (Wildman–Crippen MR) is 79.1 cm³/mol. The Morgan fingerprint density at radius 1 is 1.00 bits per heavy atom. The molecule has 0 radical (unpaired) electrons. The van der Waals surface area contributed by atoms with Crippen LogP contribution in [0.15, 0.2) is 59.2 Å². The molecular weight excluding hydrogens is 307 g/mol. The number of fused-ring (bicyclic) bond motifs is 1. The molecule has 3 rings (SSSR count). The average Bonchev–Trinajstić information content (AvgIpc) is 2.43. The van der Waals surface area contributed by atoms with Gasteiger partial charge in [0.05, 0.1) is 5.39 Å².